The zero-order valence-electron chi connectivity index (χ0n) is 12.2. The van der Waals surface area contributed by atoms with Crippen molar-refractivity contribution in [2.24, 2.45) is 0 Å². The maximum atomic E-state index is 4.58. The van der Waals surface area contributed by atoms with Gasteiger partial charge < -0.3 is 4.90 Å². The SMILES string of the molecule is C[C@H]1Cc2ccccc2N1Cc1cccc2cccnc12. The Balaban J connectivity index is 1.75. The highest BCUT2D eigenvalue weighted by molar-refractivity contribution is 5.82. The molecular weight excluding hydrogens is 256 g/mol. The van der Waals surface area contributed by atoms with E-state index in [1.54, 1.807) is 0 Å². The molecule has 0 aliphatic carbocycles. The number of para-hydroxylation sites is 2. The van der Waals surface area contributed by atoms with Crippen LogP contribution in [0, 0.1) is 0 Å². The molecule has 4 rings (SSSR count). The summed E-state index contributed by atoms with van der Waals surface area (Å²) in [7, 11) is 0. The molecule has 0 fully saturated rings. The maximum Gasteiger partial charge on any atom is 0.0751 e. The Hall–Kier alpha value is -2.35. The average Bonchev–Trinajstić information content (AvgIpc) is 2.84. The van der Waals surface area contributed by atoms with Crippen LogP contribution in [0.1, 0.15) is 18.1 Å². The minimum absolute atomic E-state index is 0.543. The van der Waals surface area contributed by atoms with E-state index in [0.717, 1.165) is 18.5 Å². The van der Waals surface area contributed by atoms with Crippen LogP contribution in [0.2, 0.25) is 0 Å². The lowest BCUT2D eigenvalue weighted by Gasteiger charge is -2.25. The molecule has 0 spiro atoms. The summed E-state index contributed by atoms with van der Waals surface area (Å²) in [6, 6.07) is 19.9. The summed E-state index contributed by atoms with van der Waals surface area (Å²) in [5.41, 5.74) is 5.25. The third-order valence-electron chi connectivity index (χ3n) is 4.41. The number of fused-ring (bicyclic) bond motifs is 2. The smallest absolute Gasteiger partial charge is 0.0751 e. The molecule has 0 saturated heterocycles. The molecule has 0 amide bonds. The zero-order valence-corrected chi connectivity index (χ0v) is 12.2. The van der Waals surface area contributed by atoms with Crippen molar-refractivity contribution in [3.8, 4) is 0 Å². The first-order valence-electron chi connectivity index (χ1n) is 7.50. The van der Waals surface area contributed by atoms with Gasteiger partial charge in [-0.1, -0.05) is 42.5 Å². The fraction of sp³-hybridized carbons (Fsp3) is 0.211. The van der Waals surface area contributed by atoms with Crippen molar-refractivity contribution in [2.75, 3.05) is 4.90 Å². The van der Waals surface area contributed by atoms with Crippen molar-refractivity contribution in [3.05, 3.63) is 71.9 Å². The second-order valence-electron chi connectivity index (χ2n) is 5.80. The fourth-order valence-corrected chi connectivity index (χ4v) is 3.35. The first-order chi connectivity index (χ1) is 10.3. The van der Waals surface area contributed by atoms with E-state index in [9.17, 15) is 0 Å². The lowest BCUT2D eigenvalue weighted by Crippen LogP contribution is -2.28. The second-order valence-corrected chi connectivity index (χ2v) is 5.80. The summed E-state index contributed by atoms with van der Waals surface area (Å²) in [6.45, 7) is 3.23. The van der Waals surface area contributed by atoms with Gasteiger partial charge in [-0.05, 0) is 36.6 Å². The van der Waals surface area contributed by atoms with E-state index in [4.69, 9.17) is 0 Å². The third kappa shape index (κ3) is 2.07. The topological polar surface area (TPSA) is 16.1 Å². The molecule has 0 N–H and O–H groups in total. The van der Waals surface area contributed by atoms with Gasteiger partial charge in [0.25, 0.3) is 0 Å². The van der Waals surface area contributed by atoms with E-state index in [1.807, 2.05) is 12.3 Å². The summed E-state index contributed by atoms with van der Waals surface area (Å²) in [6.07, 6.45) is 3.02. The molecule has 1 aliphatic heterocycles. The van der Waals surface area contributed by atoms with Gasteiger partial charge in [-0.25, -0.2) is 0 Å². The van der Waals surface area contributed by atoms with Crippen LogP contribution in [-0.2, 0) is 13.0 Å². The third-order valence-corrected chi connectivity index (χ3v) is 4.41. The van der Waals surface area contributed by atoms with Crippen molar-refractivity contribution in [1.29, 1.82) is 0 Å². The lowest BCUT2D eigenvalue weighted by atomic mass is 10.1. The Labute approximate surface area is 125 Å². The molecule has 0 saturated carbocycles. The molecule has 0 bridgehead atoms. The molecule has 3 aromatic rings. The standard InChI is InChI=1S/C19H18N2/c1-14-12-16-6-2-3-10-18(16)21(14)13-17-8-4-7-15-9-5-11-20-19(15)17/h2-11,14H,12-13H2,1H3/t14-/m0/s1. The summed E-state index contributed by atoms with van der Waals surface area (Å²) in [5.74, 6) is 0. The van der Waals surface area contributed by atoms with Crippen molar-refractivity contribution in [1.82, 2.24) is 4.98 Å². The number of benzene rings is 2. The maximum absolute atomic E-state index is 4.58. The van der Waals surface area contributed by atoms with Crippen molar-refractivity contribution >= 4 is 16.6 Å². The molecule has 1 aromatic heterocycles. The average molecular weight is 274 g/mol. The number of anilines is 1. The molecule has 2 aromatic carbocycles. The van der Waals surface area contributed by atoms with Crippen LogP contribution in [0.5, 0.6) is 0 Å². The quantitative estimate of drug-likeness (QED) is 0.696. The van der Waals surface area contributed by atoms with Gasteiger partial charge in [-0.2, -0.15) is 0 Å². The summed E-state index contributed by atoms with van der Waals surface area (Å²) < 4.78 is 0. The number of pyridine rings is 1. The first kappa shape index (κ1) is 12.4. The van der Waals surface area contributed by atoms with E-state index in [2.05, 4.69) is 65.3 Å². The minimum atomic E-state index is 0.543. The fourth-order valence-electron chi connectivity index (χ4n) is 3.35. The van der Waals surface area contributed by atoms with Crippen LogP contribution in [0.3, 0.4) is 0 Å². The van der Waals surface area contributed by atoms with E-state index >= 15 is 0 Å². The van der Waals surface area contributed by atoms with Gasteiger partial charge in [0.1, 0.15) is 0 Å². The molecule has 1 aliphatic rings. The van der Waals surface area contributed by atoms with Crippen LogP contribution in [0.4, 0.5) is 5.69 Å². The van der Waals surface area contributed by atoms with Gasteiger partial charge in [0.05, 0.1) is 5.52 Å². The molecule has 2 heteroatoms. The Morgan fingerprint density at radius 2 is 1.90 bits per heavy atom. The molecule has 0 unspecified atom stereocenters. The van der Waals surface area contributed by atoms with Crippen LogP contribution in [0.25, 0.3) is 10.9 Å². The Kier molecular flexibility index (Phi) is 2.88. The van der Waals surface area contributed by atoms with Crippen LogP contribution >= 0.6 is 0 Å². The van der Waals surface area contributed by atoms with Gasteiger partial charge in [0, 0.05) is 29.9 Å². The lowest BCUT2D eigenvalue weighted by molar-refractivity contribution is 0.673. The molecule has 0 radical (unpaired) electrons. The van der Waals surface area contributed by atoms with E-state index < -0.39 is 0 Å². The largest absolute Gasteiger partial charge is 0.364 e. The second kappa shape index (κ2) is 4.88. The van der Waals surface area contributed by atoms with Crippen LogP contribution in [-0.4, -0.2) is 11.0 Å². The van der Waals surface area contributed by atoms with Crippen LogP contribution < -0.4 is 4.90 Å². The Morgan fingerprint density at radius 1 is 1.05 bits per heavy atom. The van der Waals surface area contributed by atoms with E-state index in [-0.39, 0.29) is 0 Å². The van der Waals surface area contributed by atoms with Crippen LogP contribution in [0.15, 0.2) is 60.8 Å². The highest BCUT2D eigenvalue weighted by Gasteiger charge is 2.25. The highest BCUT2D eigenvalue weighted by Crippen LogP contribution is 2.33. The normalized spacial score (nSPS) is 17.2. The Bertz CT molecular complexity index is 789. The van der Waals surface area contributed by atoms with Crippen molar-refractivity contribution in [3.63, 3.8) is 0 Å². The van der Waals surface area contributed by atoms with Crippen molar-refractivity contribution in [2.45, 2.75) is 25.9 Å². The number of rotatable bonds is 2. The predicted octanol–water partition coefficient (Wildman–Crippen LogP) is 4.19. The van der Waals surface area contributed by atoms with Crippen molar-refractivity contribution < 1.29 is 0 Å². The molecule has 1 atom stereocenters. The number of aromatic nitrogens is 1. The molecule has 21 heavy (non-hydrogen) atoms. The van der Waals surface area contributed by atoms with Gasteiger partial charge in [-0.15, -0.1) is 0 Å². The van der Waals surface area contributed by atoms with E-state index in [0.29, 0.717) is 6.04 Å². The number of hydrogen-bond acceptors (Lipinski definition) is 2. The van der Waals surface area contributed by atoms with Gasteiger partial charge >= 0.3 is 0 Å². The molecular formula is C19H18N2. The molecule has 104 valence electrons. The molecule has 2 heterocycles. The summed E-state index contributed by atoms with van der Waals surface area (Å²) in [5, 5.41) is 1.22. The highest BCUT2D eigenvalue weighted by atomic mass is 15.2. The Morgan fingerprint density at radius 3 is 2.86 bits per heavy atom. The predicted molar refractivity (Wildman–Crippen MR) is 87.5 cm³/mol. The van der Waals surface area contributed by atoms with E-state index in [1.165, 1.54) is 22.2 Å². The number of hydrogen-bond donors (Lipinski definition) is 0. The minimum Gasteiger partial charge on any atom is -0.364 e. The monoisotopic (exact) mass is 274 g/mol. The first-order valence-corrected chi connectivity index (χ1v) is 7.50. The molecule has 2 nitrogen and oxygen atoms in total. The zero-order chi connectivity index (χ0) is 14.2. The summed E-state index contributed by atoms with van der Waals surface area (Å²) >= 11 is 0. The number of nitrogens with zero attached hydrogens (tertiary/aromatic N) is 2. The van der Waals surface area contributed by atoms with Gasteiger partial charge in [-0.3, -0.25) is 4.98 Å². The van der Waals surface area contributed by atoms with Gasteiger partial charge in [0.2, 0.25) is 0 Å². The van der Waals surface area contributed by atoms with Gasteiger partial charge in [0.15, 0.2) is 0 Å². The summed E-state index contributed by atoms with van der Waals surface area (Å²) in [4.78, 5) is 7.08.